The van der Waals surface area contributed by atoms with Gasteiger partial charge in [-0.1, -0.05) is 243 Å². The van der Waals surface area contributed by atoms with Crippen molar-refractivity contribution in [3.63, 3.8) is 0 Å². The second-order valence-corrected chi connectivity index (χ2v) is 26.9. The van der Waals surface area contributed by atoms with Gasteiger partial charge in [0.05, 0.1) is 39.2 Å². The third-order valence-corrected chi connectivity index (χ3v) is 20.3. The largest absolute Gasteiger partial charge is 0.457 e. The summed E-state index contributed by atoms with van der Waals surface area (Å²) in [5.74, 6) is 0.727. The number of aromatic nitrogens is 6. The van der Waals surface area contributed by atoms with Crippen LogP contribution in [0.25, 0.3) is 107 Å². The van der Waals surface area contributed by atoms with E-state index < -0.39 is 11.9 Å². The van der Waals surface area contributed by atoms with Crippen LogP contribution in [0.5, 0.6) is 0 Å². The van der Waals surface area contributed by atoms with Crippen molar-refractivity contribution in [2.24, 2.45) is 0 Å². The Balaban J connectivity index is 0.824. The Hall–Kier alpha value is -14.4. The number of rotatable bonds is 16. The van der Waals surface area contributed by atoms with E-state index in [-0.39, 0.29) is 19.9 Å². The lowest BCUT2D eigenvalue weighted by Crippen LogP contribution is -2.61. The maximum absolute atomic E-state index is 14.3. The van der Waals surface area contributed by atoms with Gasteiger partial charge < -0.3 is 23.8 Å². The van der Waals surface area contributed by atoms with Gasteiger partial charge in [-0.05, 0) is 154 Å². The molecular formula is C95H63BN8O4. The fourth-order valence-corrected chi connectivity index (χ4v) is 15.2. The molecule has 12 nitrogen and oxygen atoms in total. The van der Waals surface area contributed by atoms with Crippen molar-refractivity contribution >= 4 is 91.0 Å². The highest BCUT2D eigenvalue weighted by Gasteiger charge is 2.43. The Morgan fingerprint density at radius 3 is 1.21 bits per heavy atom. The molecule has 0 bridgehead atoms. The van der Waals surface area contributed by atoms with E-state index in [2.05, 4.69) is 196 Å². The lowest BCUT2D eigenvalue weighted by atomic mass is 9.33. The zero-order chi connectivity index (χ0) is 72.0. The molecule has 0 unspecified atom stereocenters. The molecule has 0 aliphatic carbocycles. The summed E-state index contributed by atoms with van der Waals surface area (Å²) in [6.45, 7) is 0.112. The Bertz CT molecular complexity index is 6030. The van der Waals surface area contributed by atoms with Crippen LogP contribution < -0.4 is 26.2 Å². The van der Waals surface area contributed by atoms with Crippen LogP contribution in [0.3, 0.4) is 0 Å². The molecule has 108 heavy (non-hydrogen) atoms. The van der Waals surface area contributed by atoms with Crippen LogP contribution in [0.1, 0.15) is 31.8 Å². The smallest absolute Gasteiger partial charge is 0.338 e. The number of anilines is 6. The van der Waals surface area contributed by atoms with E-state index in [1.165, 1.54) is 16.4 Å². The summed E-state index contributed by atoms with van der Waals surface area (Å²) in [5.41, 5.74) is 22.9. The van der Waals surface area contributed by atoms with Crippen molar-refractivity contribution in [1.82, 2.24) is 29.5 Å². The number of carbonyl (C=O) groups is 2. The topological polar surface area (TPSA) is 128 Å². The molecule has 0 saturated heterocycles. The van der Waals surface area contributed by atoms with E-state index >= 15 is 0 Å². The van der Waals surface area contributed by atoms with E-state index in [0.29, 0.717) is 62.0 Å². The highest BCUT2D eigenvalue weighted by atomic mass is 16.5. The molecule has 0 fully saturated rings. The highest BCUT2D eigenvalue weighted by Crippen LogP contribution is 2.47. The fourth-order valence-electron chi connectivity index (χ4n) is 15.2. The summed E-state index contributed by atoms with van der Waals surface area (Å²) in [4.78, 5) is 60.8. The minimum Gasteiger partial charge on any atom is -0.457 e. The molecule has 2 aliphatic rings. The van der Waals surface area contributed by atoms with Gasteiger partial charge in [0, 0.05) is 78.3 Å². The van der Waals surface area contributed by atoms with Crippen molar-refractivity contribution < 1.29 is 19.1 Å². The molecule has 0 radical (unpaired) electrons. The van der Waals surface area contributed by atoms with Gasteiger partial charge in [-0.15, -0.1) is 0 Å². The average molecular weight is 1390 g/mol. The normalized spacial score (nSPS) is 12.0. The van der Waals surface area contributed by atoms with E-state index in [0.717, 1.165) is 101 Å². The Kier molecular flexibility index (Phi) is 16.5. The molecule has 0 N–H and O–H groups in total. The van der Waals surface area contributed by atoms with Crippen molar-refractivity contribution in [3.8, 4) is 84.9 Å². The molecule has 0 saturated carbocycles. The Labute approximate surface area is 623 Å². The number of fused-ring (bicyclic) bond motifs is 7. The van der Waals surface area contributed by atoms with E-state index in [1.807, 2.05) is 164 Å². The Morgan fingerprint density at radius 1 is 0.296 bits per heavy atom. The van der Waals surface area contributed by atoms with Crippen LogP contribution in [0.15, 0.2) is 358 Å². The first-order valence-corrected chi connectivity index (χ1v) is 36.0. The molecule has 0 atom stereocenters. The molecule has 17 aromatic rings. The predicted octanol–water partition coefficient (Wildman–Crippen LogP) is 20.2. The third kappa shape index (κ3) is 12.0. The molecule has 13 heteroatoms. The first-order chi connectivity index (χ1) is 53.4. The van der Waals surface area contributed by atoms with Gasteiger partial charge >= 0.3 is 11.9 Å². The number of esters is 2. The van der Waals surface area contributed by atoms with Crippen molar-refractivity contribution in [2.75, 3.05) is 9.80 Å². The van der Waals surface area contributed by atoms with Crippen molar-refractivity contribution in [3.05, 3.63) is 380 Å². The number of para-hydroxylation sites is 4. The van der Waals surface area contributed by atoms with Crippen LogP contribution in [0, 0.1) is 0 Å². The lowest BCUT2D eigenvalue weighted by Gasteiger charge is -2.44. The third-order valence-electron chi connectivity index (χ3n) is 20.3. The first kappa shape index (κ1) is 64.4. The fraction of sp³-hybridized carbons (Fsp3) is 0.0211. The van der Waals surface area contributed by atoms with Crippen LogP contribution >= 0.6 is 0 Å². The lowest BCUT2D eigenvalue weighted by molar-refractivity contribution is 0.0464. The molecule has 14 aromatic carbocycles. The van der Waals surface area contributed by atoms with Crippen molar-refractivity contribution in [2.45, 2.75) is 13.2 Å². The van der Waals surface area contributed by atoms with Gasteiger partial charge in [0.2, 0.25) is 0 Å². The summed E-state index contributed by atoms with van der Waals surface area (Å²) in [6, 6.07) is 121. The summed E-state index contributed by atoms with van der Waals surface area (Å²) >= 11 is 0. The van der Waals surface area contributed by atoms with Gasteiger partial charge in [0.25, 0.3) is 6.71 Å². The monoisotopic (exact) mass is 1390 g/mol. The number of carbonyl (C=O) groups excluding carboxylic acids is 2. The maximum atomic E-state index is 14.3. The van der Waals surface area contributed by atoms with E-state index in [1.54, 1.807) is 12.1 Å². The molecule has 19 rings (SSSR count). The summed E-state index contributed by atoms with van der Waals surface area (Å²) in [6.07, 6.45) is 0. The van der Waals surface area contributed by atoms with Crippen LogP contribution in [-0.4, -0.2) is 48.1 Å². The number of nitrogens with zero attached hydrogens (tertiary/aromatic N) is 8. The van der Waals surface area contributed by atoms with Crippen LogP contribution in [-0.2, 0) is 22.7 Å². The summed E-state index contributed by atoms with van der Waals surface area (Å²) in [7, 11) is 0. The maximum Gasteiger partial charge on any atom is 0.338 e. The van der Waals surface area contributed by atoms with Gasteiger partial charge in [0.1, 0.15) is 13.2 Å². The van der Waals surface area contributed by atoms with Crippen LogP contribution in [0.4, 0.5) is 34.1 Å². The number of hydrogen-bond acceptors (Lipinski definition) is 11. The minimum absolute atomic E-state index is 0.0585. The summed E-state index contributed by atoms with van der Waals surface area (Å²) < 4.78 is 14.1. The minimum atomic E-state index is -0.498. The Morgan fingerprint density at radius 2 is 0.704 bits per heavy atom. The molecular weight excluding hydrogens is 1330 g/mol. The number of hydrogen-bond donors (Lipinski definition) is 0. The van der Waals surface area contributed by atoms with E-state index in [9.17, 15) is 9.59 Å². The van der Waals surface area contributed by atoms with Gasteiger partial charge in [-0.2, -0.15) is 0 Å². The highest BCUT2D eigenvalue weighted by molar-refractivity contribution is 7.00. The average Bonchev–Trinajstić information content (AvgIpc) is 1.03. The standard InChI is InChI=1S/C95H63BN8O4/c105-94(107-60-62-27-8-1-9-28-62)70-48-51-82-75(55-70)76-56-71(95(106)108-61-63-29-10-2-11-30-63)49-52-83(76)104(82)84-50-47-69(91-97-80(64-31-12-3-13-32-64)59-81(98-91)65-33-14-4-15-34-65)54-77(84)93-100-90(66-35-16-5-17-36-66)99-92(101-93)68-38-26-37-67(53-68)72-57-87-89-88(58-72)103(74-41-20-7-21-42-74)86-46-25-23-44-79(86)96(89)78-43-22-24-45-85(78)102(87)73-39-18-6-19-40-73/h1-59H,60-61H2. The molecule has 5 heterocycles. The van der Waals surface area contributed by atoms with Crippen molar-refractivity contribution in [1.29, 1.82) is 0 Å². The molecule has 0 spiro atoms. The van der Waals surface area contributed by atoms with Gasteiger partial charge in [-0.25, -0.2) is 34.5 Å². The van der Waals surface area contributed by atoms with Gasteiger partial charge in [-0.3, -0.25) is 0 Å². The predicted molar refractivity (Wildman–Crippen MR) is 433 cm³/mol. The zero-order valence-corrected chi connectivity index (χ0v) is 58.3. The second-order valence-electron chi connectivity index (χ2n) is 26.9. The molecule has 510 valence electrons. The van der Waals surface area contributed by atoms with Crippen LogP contribution in [0.2, 0.25) is 0 Å². The molecule has 3 aromatic heterocycles. The molecule has 0 amide bonds. The summed E-state index contributed by atoms with van der Waals surface area (Å²) in [5, 5.41) is 1.38. The first-order valence-electron chi connectivity index (χ1n) is 36.0. The number of ether oxygens (including phenoxy) is 2. The molecule has 2 aliphatic heterocycles. The number of benzene rings is 14. The quantitative estimate of drug-likeness (QED) is 0.0677. The zero-order valence-electron chi connectivity index (χ0n) is 58.3. The van der Waals surface area contributed by atoms with Gasteiger partial charge in [0.15, 0.2) is 23.3 Å². The SMILES string of the molecule is O=C(OCc1ccccc1)c1ccc2c(c1)c1cc(C(=O)OCc3ccccc3)ccc1n2-c1ccc(-c2nc(-c3ccccc3)cc(-c3ccccc3)n2)cc1-c1nc(-c2ccccc2)nc(-c2cccc(-c3cc4c5c(c3)N(c3ccccc3)c3ccccc3B5c3ccccc3N4c3ccccc3)c2)n1. The second kappa shape index (κ2) is 27.6. The van der Waals surface area contributed by atoms with E-state index in [4.69, 9.17) is 34.4 Å².